The molecule has 0 aliphatic rings. The van der Waals surface area contributed by atoms with Gasteiger partial charge in [0.25, 0.3) is 10.0 Å². The minimum atomic E-state index is -4.28. The lowest BCUT2D eigenvalue weighted by atomic mass is 10.0. The minimum absolute atomic E-state index is 0.00563. The van der Waals surface area contributed by atoms with Crippen LogP contribution >= 0.6 is 39.1 Å². The normalized spacial score (nSPS) is 12.1. The molecule has 0 radical (unpaired) electrons. The maximum Gasteiger partial charge on any atom is 0.264 e. The number of rotatable bonds is 12. The van der Waals surface area contributed by atoms with Crippen LogP contribution in [0.5, 0.6) is 0 Å². The first-order chi connectivity index (χ1) is 21.3. The molecule has 1 atom stereocenters. The van der Waals surface area contributed by atoms with Crippen LogP contribution in [0.2, 0.25) is 10.0 Å². The summed E-state index contributed by atoms with van der Waals surface area (Å²) in [6.07, 6.45) is 0.215. The Kier molecular flexibility index (Phi) is 11.7. The Morgan fingerprint density at radius 2 is 1.47 bits per heavy atom. The maximum atomic E-state index is 14.5. The van der Waals surface area contributed by atoms with Crippen LogP contribution in [0.4, 0.5) is 5.69 Å². The molecule has 0 aliphatic carbocycles. The zero-order chi connectivity index (χ0) is 32.7. The number of nitrogens with one attached hydrogen (secondary N) is 1. The first-order valence-corrected chi connectivity index (χ1v) is 17.3. The van der Waals surface area contributed by atoms with E-state index in [1.54, 1.807) is 12.1 Å². The summed E-state index contributed by atoms with van der Waals surface area (Å²) >= 11 is 16.1. The fraction of sp³-hybridized carbons (Fsp3) is 0.235. The van der Waals surface area contributed by atoms with E-state index >= 15 is 0 Å². The van der Waals surface area contributed by atoms with Gasteiger partial charge in [-0.05, 0) is 74.4 Å². The zero-order valence-electron chi connectivity index (χ0n) is 25.1. The lowest BCUT2D eigenvalue weighted by molar-refractivity contribution is -0.140. The molecule has 0 bridgehead atoms. The van der Waals surface area contributed by atoms with Crippen molar-refractivity contribution in [3.63, 3.8) is 0 Å². The molecule has 0 fully saturated rings. The molecule has 2 amide bonds. The largest absolute Gasteiger partial charge is 0.352 e. The molecular weight excluding hydrogens is 697 g/mol. The molecule has 1 N–H and O–H groups in total. The Bertz CT molecular complexity index is 1730. The average Bonchev–Trinajstić information content (AvgIpc) is 2.97. The Morgan fingerprint density at radius 3 is 2.07 bits per heavy atom. The Balaban J connectivity index is 1.83. The number of carbonyl (C=O) groups excluding carboxylic acids is 2. The van der Waals surface area contributed by atoms with Crippen LogP contribution in [0.1, 0.15) is 30.5 Å². The fourth-order valence-electron chi connectivity index (χ4n) is 4.82. The van der Waals surface area contributed by atoms with Gasteiger partial charge in [0, 0.05) is 33.5 Å². The molecule has 4 aromatic rings. The lowest BCUT2D eigenvalue weighted by Gasteiger charge is -2.34. The van der Waals surface area contributed by atoms with Crippen molar-refractivity contribution < 1.29 is 18.0 Å². The van der Waals surface area contributed by atoms with Crippen molar-refractivity contribution in [2.75, 3.05) is 10.8 Å². The van der Waals surface area contributed by atoms with E-state index < -0.39 is 28.5 Å². The van der Waals surface area contributed by atoms with E-state index in [9.17, 15) is 18.0 Å². The van der Waals surface area contributed by atoms with Crippen LogP contribution in [0.3, 0.4) is 0 Å². The molecule has 0 aromatic heterocycles. The van der Waals surface area contributed by atoms with Gasteiger partial charge in [-0.2, -0.15) is 0 Å². The van der Waals surface area contributed by atoms with Gasteiger partial charge >= 0.3 is 0 Å². The molecule has 0 heterocycles. The molecule has 0 saturated heterocycles. The van der Waals surface area contributed by atoms with Gasteiger partial charge in [-0.1, -0.05) is 99.3 Å². The van der Waals surface area contributed by atoms with Crippen LogP contribution in [0.15, 0.2) is 106 Å². The number of halogens is 3. The summed E-state index contributed by atoms with van der Waals surface area (Å²) in [5.41, 5.74) is 2.60. The summed E-state index contributed by atoms with van der Waals surface area (Å²) in [7, 11) is -4.28. The maximum absolute atomic E-state index is 14.5. The third-order valence-electron chi connectivity index (χ3n) is 6.97. The van der Waals surface area contributed by atoms with Crippen LogP contribution < -0.4 is 9.62 Å². The van der Waals surface area contributed by atoms with Crippen LogP contribution in [0, 0.1) is 6.92 Å². The number of anilines is 1. The number of hydrogen-bond donors (Lipinski definition) is 1. The van der Waals surface area contributed by atoms with Gasteiger partial charge in [-0.15, -0.1) is 0 Å². The topological polar surface area (TPSA) is 86.8 Å². The van der Waals surface area contributed by atoms with Crippen molar-refractivity contribution in [1.82, 2.24) is 10.2 Å². The standard InChI is InChI=1S/C34H34BrCl2N3O4S/c1-23(2)38-34(42)32(17-25-8-5-4-6-9-25)39(21-26-10-7-11-27(35)16-26)33(41)22-40(30-19-28(36)18-29(37)20-30)45(43,44)31-14-12-24(3)13-15-31/h4-16,18-20,23,32H,17,21-22H2,1-3H3,(H,38,42). The highest BCUT2D eigenvalue weighted by Gasteiger charge is 2.35. The molecule has 45 heavy (non-hydrogen) atoms. The van der Waals surface area contributed by atoms with Crippen molar-refractivity contribution in [3.8, 4) is 0 Å². The number of aryl methyl sites for hydroxylation is 1. The lowest BCUT2D eigenvalue weighted by Crippen LogP contribution is -2.54. The number of hydrogen-bond acceptors (Lipinski definition) is 4. The van der Waals surface area contributed by atoms with Crippen molar-refractivity contribution in [3.05, 3.63) is 128 Å². The first kappa shape index (κ1) is 34.5. The molecule has 0 aliphatic heterocycles. The molecule has 236 valence electrons. The van der Waals surface area contributed by atoms with Gasteiger partial charge in [0.1, 0.15) is 12.6 Å². The van der Waals surface area contributed by atoms with Gasteiger partial charge < -0.3 is 10.2 Å². The molecule has 4 rings (SSSR count). The molecule has 0 spiro atoms. The highest BCUT2D eigenvalue weighted by molar-refractivity contribution is 9.10. The summed E-state index contributed by atoms with van der Waals surface area (Å²) in [5, 5.41) is 3.36. The fourth-order valence-corrected chi connectivity index (χ4v) is 7.18. The summed E-state index contributed by atoms with van der Waals surface area (Å²) < 4.78 is 30.1. The van der Waals surface area contributed by atoms with Gasteiger partial charge in [0.2, 0.25) is 11.8 Å². The van der Waals surface area contributed by atoms with E-state index in [-0.39, 0.29) is 45.5 Å². The highest BCUT2D eigenvalue weighted by Crippen LogP contribution is 2.30. The van der Waals surface area contributed by atoms with Gasteiger partial charge in [-0.25, -0.2) is 8.42 Å². The van der Waals surface area contributed by atoms with Crippen molar-refractivity contribution in [2.24, 2.45) is 0 Å². The Morgan fingerprint density at radius 1 is 0.844 bits per heavy atom. The van der Waals surface area contributed by atoms with Crippen LogP contribution in [0.25, 0.3) is 0 Å². The van der Waals surface area contributed by atoms with Crippen LogP contribution in [-0.2, 0) is 32.6 Å². The second-order valence-electron chi connectivity index (χ2n) is 11.0. The average molecular weight is 732 g/mol. The summed E-state index contributed by atoms with van der Waals surface area (Å²) in [6, 6.07) is 26.4. The van der Waals surface area contributed by atoms with Crippen molar-refractivity contribution in [2.45, 2.75) is 50.7 Å². The number of sulfonamides is 1. The van der Waals surface area contributed by atoms with Crippen molar-refractivity contribution >= 4 is 66.7 Å². The summed E-state index contributed by atoms with van der Waals surface area (Å²) in [4.78, 5) is 29.7. The van der Waals surface area contributed by atoms with Gasteiger partial charge in [0.15, 0.2) is 0 Å². The van der Waals surface area contributed by atoms with E-state index in [0.29, 0.717) is 0 Å². The van der Waals surface area contributed by atoms with E-state index in [0.717, 1.165) is 25.5 Å². The zero-order valence-corrected chi connectivity index (χ0v) is 29.0. The van der Waals surface area contributed by atoms with Gasteiger partial charge in [0.05, 0.1) is 10.6 Å². The Hall–Kier alpha value is -3.37. The van der Waals surface area contributed by atoms with E-state index in [2.05, 4.69) is 21.2 Å². The molecule has 11 heteroatoms. The monoisotopic (exact) mass is 729 g/mol. The van der Waals surface area contributed by atoms with E-state index in [1.807, 2.05) is 75.4 Å². The summed E-state index contributed by atoms with van der Waals surface area (Å²) in [5.74, 6) is -0.933. The second kappa shape index (κ2) is 15.3. The van der Waals surface area contributed by atoms with Crippen molar-refractivity contribution in [1.29, 1.82) is 0 Å². The number of benzene rings is 4. The second-order valence-corrected chi connectivity index (χ2v) is 14.6. The smallest absolute Gasteiger partial charge is 0.264 e. The summed E-state index contributed by atoms with van der Waals surface area (Å²) in [6.45, 7) is 4.98. The number of carbonyl (C=O) groups is 2. The number of nitrogens with zero attached hydrogens (tertiary/aromatic N) is 2. The third kappa shape index (κ3) is 9.33. The SMILES string of the molecule is Cc1ccc(S(=O)(=O)N(CC(=O)N(Cc2cccc(Br)c2)C(Cc2ccccc2)C(=O)NC(C)C)c2cc(Cl)cc(Cl)c2)cc1. The van der Waals surface area contributed by atoms with Crippen LogP contribution in [-0.4, -0.2) is 43.8 Å². The van der Waals surface area contributed by atoms with E-state index in [1.165, 1.54) is 35.2 Å². The molecule has 1 unspecified atom stereocenters. The van der Waals surface area contributed by atoms with Gasteiger partial charge in [-0.3, -0.25) is 13.9 Å². The van der Waals surface area contributed by atoms with E-state index in [4.69, 9.17) is 23.2 Å². The first-order valence-electron chi connectivity index (χ1n) is 14.3. The third-order valence-corrected chi connectivity index (χ3v) is 9.68. The number of amides is 2. The quantitative estimate of drug-likeness (QED) is 0.164. The predicted molar refractivity (Wildman–Crippen MR) is 184 cm³/mol. The highest BCUT2D eigenvalue weighted by atomic mass is 79.9. The molecular formula is C34H34BrCl2N3O4S. The minimum Gasteiger partial charge on any atom is -0.352 e. The predicted octanol–water partition coefficient (Wildman–Crippen LogP) is 7.42. The molecule has 4 aromatic carbocycles. The molecule has 7 nitrogen and oxygen atoms in total. The molecule has 0 saturated carbocycles. The Labute approximate surface area is 283 Å².